The van der Waals surface area contributed by atoms with Crippen LogP contribution >= 0.6 is 23.4 Å². The molecule has 0 radical (unpaired) electrons. The summed E-state index contributed by atoms with van der Waals surface area (Å²) in [4.78, 5) is 11.4. The SMILES string of the molecule is O=Cc1ccc(CSc2ccc(F)c(Cl)c2)cc1. The summed E-state index contributed by atoms with van der Waals surface area (Å²) in [7, 11) is 0. The van der Waals surface area contributed by atoms with Crippen LogP contribution in [0.2, 0.25) is 5.02 Å². The molecule has 92 valence electrons. The fourth-order valence-electron chi connectivity index (χ4n) is 1.43. The topological polar surface area (TPSA) is 17.1 Å². The van der Waals surface area contributed by atoms with E-state index in [9.17, 15) is 9.18 Å². The Labute approximate surface area is 114 Å². The van der Waals surface area contributed by atoms with Crippen LogP contribution in [-0.4, -0.2) is 6.29 Å². The third kappa shape index (κ3) is 3.34. The number of rotatable bonds is 4. The van der Waals surface area contributed by atoms with Gasteiger partial charge in [-0.15, -0.1) is 11.8 Å². The molecule has 18 heavy (non-hydrogen) atoms. The van der Waals surface area contributed by atoms with Crippen molar-refractivity contribution in [2.75, 3.05) is 0 Å². The number of hydrogen-bond acceptors (Lipinski definition) is 2. The molecule has 0 fully saturated rings. The Morgan fingerprint density at radius 1 is 1.17 bits per heavy atom. The van der Waals surface area contributed by atoms with Crippen molar-refractivity contribution in [2.45, 2.75) is 10.6 Å². The molecule has 0 heterocycles. The normalized spacial score (nSPS) is 10.3. The van der Waals surface area contributed by atoms with Gasteiger partial charge >= 0.3 is 0 Å². The van der Waals surface area contributed by atoms with Crippen molar-refractivity contribution in [2.24, 2.45) is 0 Å². The molecule has 0 bridgehead atoms. The van der Waals surface area contributed by atoms with E-state index in [0.717, 1.165) is 22.5 Å². The van der Waals surface area contributed by atoms with Crippen LogP contribution in [0.3, 0.4) is 0 Å². The Morgan fingerprint density at radius 3 is 2.50 bits per heavy atom. The molecule has 0 aliphatic carbocycles. The minimum atomic E-state index is -0.406. The van der Waals surface area contributed by atoms with Gasteiger partial charge in [0.2, 0.25) is 0 Å². The molecule has 0 amide bonds. The maximum Gasteiger partial charge on any atom is 0.150 e. The van der Waals surface area contributed by atoms with Crippen molar-refractivity contribution in [3.63, 3.8) is 0 Å². The minimum absolute atomic E-state index is 0.135. The van der Waals surface area contributed by atoms with E-state index in [0.29, 0.717) is 5.56 Å². The maximum absolute atomic E-state index is 13.0. The molecule has 2 rings (SSSR count). The quantitative estimate of drug-likeness (QED) is 0.602. The van der Waals surface area contributed by atoms with Gasteiger partial charge in [0.1, 0.15) is 12.1 Å². The lowest BCUT2D eigenvalue weighted by molar-refractivity contribution is 0.112. The second-order valence-electron chi connectivity index (χ2n) is 3.72. The fourth-order valence-corrected chi connectivity index (χ4v) is 2.56. The van der Waals surface area contributed by atoms with E-state index < -0.39 is 5.82 Å². The lowest BCUT2D eigenvalue weighted by Crippen LogP contribution is -1.84. The monoisotopic (exact) mass is 280 g/mol. The van der Waals surface area contributed by atoms with Gasteiger partial charge in [0.05, 0.1) is 5.02 Å². The van der Waals surface area contributed by atoms with Crippen LogP contribution in [0.4, 0.5) is 4.39 Å². The van der Waals surface area contributed by atoms with E-state index in [1.807, 2.05) is 12.1 Å². The van der Waals surface area contributed by atoms with Gasteiger partial charge < -0.3 is 0 Å². The lowest BCUT2D eigenvalue weighted by atomic mass is 10.2. The van der Waals surface area contributed by atoms with Gasteiger partial charge in [-0.1, -0.05) is 35.9 Å². The summed E-state index contributed by atoms with van der Waals surface area (Å²) in [6.07, 6.45) is 0.816. The Bertz CT molecular complexity index is 554. The van der Waals surface area contributed by atoms with Gasteiger partial charge in [-0.25, -0.2) is 4.39 Å². The first-order valence-electron chi connectivity index (χ1n) is 5.31. The molecule has 0 aromatic heterocycles. The van der Waals surface area contributed by atoms with Crippen LogP contribution in [0.5, 0.6) is 0 Å². The second-order valence-corrected chi connectivity index (χ2v) is 5.18. The van der Waals surface area contributed by atoms with Crippen LogP contribution in [-0.2, 0) is 5.75 Å². The minimum Gasteiger partial charge on any atom is -0.298 e. The highest BCUT2D eigenvalue weighted by atomic mass is 35.5. The van der Waals surface area contributed by atoms with E-state index in [1.165, 1.54) is 6.07 Å². The lowest BCUT2D eigenvalue weighted by Gasteiger charge is -2.03. The van der Waals surface area contributed by atoms with Gasteiger partial charge in [-0.2, -0.15) is 0 Å². The van der Waals surface area contributed by atoms with E-state index in [1.54, 1.807) is 36.0 Å². The summed E-state index contributed by atoms with van der Waals surface area (Å²) in [5.74, 6) is 0.345. The third-order valence-electron chi connectivity index (χ3n) is 2.41. The van der Waals surface area contributed by atoms with Crippen LogP contribution in [0.15, 0.2) is 47.4 Å². The highest BCUT2D eigenvalue weighted by Crippen LogP contribution is 2.26. The molecule has 0 aliphatic rings. The van der Waals surface area contributed by atoms with E-state index in [2.05, 4.69) is 0 Å². The summed E-state index contributed by atoms with van der Waals surface area (Å²) >= 11 is 7.28. The zero-order chi connectivity index (χ0) is 13.0. The van der Waals surface area contributed by atoms with E-state index in [-0.39, 0.29) is 5.02 Å². The van der Waals surface area contributed by atoms with Gasteiger partial charge in [0.15, 0.2) is 0 Å². The van der Waals surface area contributed by atoms with Crippen molar-refractivity contribution in [1.29, 1.82) is 0 Å². The molecule has 1 nitrogen and oxygen atoms in total. The van der Waals surface area contributed by atoms with Gasteiger partial charge in [-0.05, 0) is 23.8 Å². The molecule has 0 aliphatic heterocycles. The number of aldehydes is 1. The first-order chi connectivity index (χ1) is 8.69. The molecule has 2 aromatic rings. The Kier molecular flexibility index (Phi) is 4.39. The van der Waals surface area contributed by atoms with Crippen LogP contribution < -0.4 is 0 Å². The van der Waals surface area contributed by atoms with Crippen molar-refractivity contribution in [3.05, 3.63) is 64.4 Å². The molecule has 0 atom stereocenters. The number of carbonyl (C=O) groups is 1. The maximum atomic E-state index is 13.0. The van der Waals surface area contributed by atoms with Gasteiger partial charge in [0.25, 0.3) is 0 Å². The molecule has 0 saturated heterocycles. The molecule has 0 N–H and O–H groups in total. The average molecular weight is 281 g/mol. The Balaban J connectivity index is 2.01. The molecule has 0 unspecified atom stereocenters. The van der Waals surface area contributed by atoms with Crippen molar-refractivity contribution in [3.8, 4) is 0 Å². The summed E-state index contributed by atoms with van der Waals surface area (Å²) in [5.41, 5.74) is 1.76. The van der Waals surface area contributed by atoms with E-state index >= 15 is 0 Å². The summed E-state index contributed by atoms with van der Waals surface area (Å²) in [6.45, 7) is 0. The Hall–Kier alpha value is -1.32. The van der Waals surface area contributed by atoms with E-state index in [4.69, 9.17) is 11.6 Å². The number of carbonyl (C=O) groups excluding carboxylic acids is 1. The zero-order valence-corrected chi connectivity index (χ0v) is 11.0. The molecular formula is C14H10ClFOS. The number of hydrogen-bond donors (Lipinski definition) is 0. The largest absolute Gasteiger partial charge is 0.298 e. The van der Waals surface area contributed by atoms with Crippen molar-refractivity contribution < 1.29 is 9.18 Å². The predicted molar refractivity (Wildman–Crippen MR) is 72.8 cm³/mol. The molecule has 0 spiro atoms. The highest BCUT2D eigenvalue weighted by Gasteiger charge is 2.02. The highest BCUT2D eigenvalue weighted by molar-refractivity contribution is 7.98. The Morgan fingerprint density at radius 2 is 1.89 bits per heavy atom. The molecular weight excluding hydrogens is 271 g/mol. The van der Waals surface area contributed by atoms with Gasteiger partial charge in [-0.3, -0.25) is 4.79 Å². The van der Waals surface area contributed by atoms with Crippen molar-refractivity contribution >= 4 is 29.6 Å². The third-order valence-corrected chi connectivity index (χ3v) is 3.77. The van der Waals surface area contributed by atoms with Crippen LogP contribution in [0.1, 0.15) is 15.9 Å². The predicted octanol–water partition coefficient (Wildman–Crippen LogP) is 4.58. The molecule has 0 saturated carbocycles. The molecule has 2 aromatic carbocycles. The number of thioether (sulfide) groups is 1. The fraction of sp³-hybridized carbons (Fsp3) is 0.0714. The first kappa shape index (κ1) is 13.1. The molecule has 4 heteroatoms. The number of benzene rings is 2. The average Bonchev–Trinajstić information content (AvgIpc) is 2.41. The van der Waals surface area contributed by atoms with Crippen molar-refractivity contribution in [1.82, 2.24) is 0 Å². The van der Waals surface area contributed by atoms with Gasteiger partial charge in [0, 0.05) is 16.2 Å². The second kappa shape index (κ2) is 6.03. The first-order valence-corrected chi connectivity index (χ1v) is 6.67. The summed E-state index contributed by atoms with van der Waals surface area (Å²) in [5, 5.41) is 0.135. The standard InChI is InChI=1S/C14H10ClFOS/c15-13-7-12(5-6-14(13)16)18-9-11-3-1-10(8-17)2-4-11/h1-8H,9H2. The summed E-state index contributed by atoms with van der Waals surface area (Å²) in [6, 6.07) is 12.0. The number of halogens is 2. The zero-order valence-electron chi connectivity index (χ0n) is 9.40. The smallest absolute Gasteiger partial charge is 0.150 e. The van der Waals surface area contributed by atoms with Crippen LogP contribution in [0.25, 0.3) is 0 Å². The summed E-state index contributed by atoms with van der Waals surface area (Å²) < 4.78 is 13.0. The van der Waals surface area contributed by atoms with Crippen LogP contribution in [0, 0.1) is 5.82 Å².